The van der Waals surface area contributed by atoms with Crippen LogP contribution in [0.1, 0.15) is 21.6 Å². The van der Waals surface area contributed by atoms with E-state index in [0.717, 1.165) is 20.2 Å². The van der Waals surface area contributed by atoms with Crippen molar-refractivity contribution in [2.45, 2.75) is 13.8 Å². The van der Waals surface area contributed by atoms with Crippen molar-refractivity contribution >= 4 is 43.6 Å². The van der Waals surface area contributed by atoms with Crippen molar-refractivity contribution < 1.29 is 4.79 Å². The molecule has 3 nitrogen and oxygen atoms in total. The molecule has 0 bridgehead atoms. The van der Waals surface area contributed by atoms with Crippen LogP contribution in [0.4, 0.5) is 5.82 Å². The summed E-state index contributed by atoms with van der Waals surface area (Å²) in [7, 11) is 0. The predicted octanol–water partition coefficient (Wildman–Crippen LogP) is 4.48. The smallest absolute Gasteiger partial charge is 0.257 e. The molecule has 98 valence electrons. The molecule has 1 heterocycles. The van der Waals surface area contributed by atoms with Crippen LogP contribution in [0.15, 0.2) is 39.3 Å². The zero-order valence-electron chi connectivity index (χ0n) is 10.5. The number of hydrogen-bond acceptors (Lipinski definition) is 2. The molecule has 0 atom stereocenters. The normalized spacial score (nSPS) is 10.3. The molecular weight excluding hydrogens is 372 g/mol. The van der Waals surface area contributed by atoms with Crippen LogP contribution in [-0.4, -0.2) is 10.9 Å². The average molecular weight is 384 g/mol. The number of amides is 1. The molecule has 1 N–H and O–H groups in total. The number of rotatable bonds is 2. The number of benzene rings is 1. The molecule has 0 aliphatic carbocycles. The van der Waals surface area contributed by atoms with E-state index in [4.69, 9.17) is 0 Å². The summed E-state index contributed by atoms with van der Waals surface area (Å²) < 4.78 is 1.69. The van der Waals surface area contributed by atoms with Crippen LogP contribution in [0.2, 0.25) is 0 Å². The summed E-state index contributed by atoms with van der Waals surface area (Å²) in [5.74, 6) is 0.365. The highest BCUT2D eigenvalue weighted by molar-refractivity contribution is 9.10. The zero-order chi connectivity index (χ0) is 14.0. The summed E-state index contributed by atoms with van der Waals surface area (Å²) in [6.07, 6.45) is 0. The van der Waals surface area contributed by atoms with Gasteiger partial charge in [-0.25, -0.2) is 4.98 Å². The Morgan fingerprint density at radius 1 is 1.11 bits per heavy atom. The van der Waals surface area contributed by atoms with E-state index in [1.165, 1.54) is 0 Å². The topological polar surface area (TPSA) is 42.0 Å². The highest BCUT2D eigenvalue weighted by Gasteiger charge is 2.11. The highest BCUT2D eigenvalue weighted by Crippen LogP contribution is 2.20. The first-order valence-corrected chi connectivity index (χ1v) is 7.26. The number of anilines is 1. The minimum absolute atomic E-state index is 0.176. The monoisotopic (exact) mass is 382 g/mol. The molecule has 0 aliphatic heterocycles. The molecular formula is C14H12Br2N2O. The molecule has 0 saturated carbocycles. The van der Waals surface area contributed by atoms with Crippen LogP contribution in [0.3, 0.4) is 0 Å². The average Bonchev–Trinajstić information content (AvgIpc) is 2.36. The minimum Gasteiger partial charge on any atom is -0.307 e. The molecule has 0 unspecified atom stereocenters. The maximum absolute atomic E-state index is 12.2. The second kappa shape index (κ2) is 5.84. The fraction of sp³-hybridized carbons (Fsp3) is 0.143. The van der Waals surface area contributed by atoms with E-state index < -0.39 is 0 Å². The van der Waals surface area contributed by atoms with Gasteiger partial charge in [-0.05, 0) is 70.0 Å². The maximum Gasteiger partial charge on any atom is 0.257 e. The van der Waals surface area contributed by atoms with Crippen molar-refractivity contribution in [1.82, 2.24) is 4.98 Å². The third-order valence-electron chi connectivity index (χ3n) is 2.63. The van der Waals surface area contributed by atoms with Gasteiger partial charge in [-0.3, -0.25) is 4.79 Å². The Morgan fingerprint density at radius 3 is 2.47 bits per heavy atom. The van der Waals surface area contributed by atoms with Gasteiger partial charge in [0, 0.05) is 8.95 Å². The first kappa shape index (κ1) is 14.2. The van der Waals surface area contributed by atoms with Crippen molar-refractivity contribution in [2.75, 3.05) is 5.32 Å². The number of carbonyl (C=O) groups is 1. The lowest BCUT2D eigenvalue weighted by Gasteiger charge is -2.08. The fourth-order valence-corrected chi connectivity index (χ4v) is 2.26. The van der Waals surface area contributed by atoms with Gasteiger partial charge >= 0.3 is 0 Å². The summed E-state index contributed by atoms with van der Waals surface area (Å²) in [6.45, 7) is 3.83. The van der Waals surface area contributed by atoms with Crippen LogP contribution in [0, 0.1) is 13.8 Å². The molecule has 2 aromatic rings. The molecule has 0 saturated heterocycles. The third-order valence-corrected chi connectivity index (χ3v) is 4.16. The lowest BCUT2D eigenvalue weighted by Crippen LogP contribution is -2.14. The Balaban J connectivity index is 2.25. The van der Waals surface area contributed by atoms with E-state index in [0.29, 0.717) is 11.4 Å². The van der Waals surface area contributed by atoms with Crippen LogP contribution in [0.25, 0.3) is 0 Å². The minimum atomic E-state index is -0.176. The van der Waals surface area contributed by atoms with Crippen LogP contribution in [-0.2, 0) is 0 Å². The largest absolute Gasteiger partial charge is 0.307 e. The SMILES string of the molecule is Cc1ccc(Br)c(C(=O)Nc2ccc(Br)c(C)n2)c1. The van der Waals surface area contributed by atoms with Gasteiger partial charge in [0.15, 0.2) is 0 Å². The second-order valence-corrected chi connectivity index (χ2v) is 5.91. The van der Waals surface area contributed by atoms with Crippen molar-refractivity contribution in [3.8, 4) is 0 Å². The van der Waals surface area contributed by atoms with Crippen LogP contribution < -0.4 is 5.32 Å². The van der Waals surface area contributed by atoms with Crippen LogP contribution in [0.5, 0.6) is 0 Å². The van der Waals surface area contributed by atoms with E-state index in [-0.39, 0.29) is 5.91 Å². The summed E-state index contributed by atoms with van der Waals surface area (Å²) in [4.78, 5) is 16.5. The van der Waals surface area contributed by atoms with Gasteiger partial charge < -0.3 is 5.32 Å². The molecule has 2 rings (SSSR count). The number of hydrogen-bond donors (Lipinski definition) is 1. The Kier molecular flexibility index (Phi) is 4.37. The van der Waals surface area contributed by atoms with E-state index >= 15 is 0 Å². The van der Waals surface area contributed by atoms with Gasteiger partial charge in [-0.2, -0.15) is 0 Å². The molecule has 19 heavy (non-hydrogen) atoms. The van der Waals surface area contributed by atoms with E-state index in [9.17, 15) is 4.79 Å². The fourth-order valence-electron chi connectivity index (χ4n) is 1.61. The van der Waals surface area contributed by atoms with Crippen molar-refractivity contribution in [1.29, 1.82) is 0 Å². The quantitative estimate of drug-likeness (QED) is 0.830. The Hall–Kier alpha value is -1.20. The summed E-state index contributed by atoms with van der Waals surface area (Å²) >= 11 is 6.76. The number of pyridine rings is 1. The Bertz CT molecular complexity index is 641. The van der Waals surface area contributed by atoms with Gasteiger partial charge in [0.05, 0.1) is 11.3 Å². The van der Waals surface area contributed by atoms with Crippen molar-refractivity contribution in [3.63, 3.8) is 0 Å². The van der Waals surface area contributed by atoms with Crippen LogP contribution >= 0.6 is 31.9 Å². The lowest BCUT2D eigenvalue weighted by atomic mass is 10.1. The summed E-state index contributed by atoms with van der Waals surface area (Å²) in [5.41, 5.74) is 2.47. The molecule has 5 heteroatoms. The highest BCUT2D eigenvalue weighted by atomic mass is 79.9. The van der Waals surface area contributed by atoms with Gasteiger partial charge in [0.2, 0.25) is 0 Å². The van der Waals surface area contributed by atoms with Gasteiger partial charge in [0.25, 0.3) is 5.91 Å². The number of halogens is 2. The Morgan fingerprint density at radius 2 is 1.79 bits per heavy atom. The molecule has 1 aromatic carbocycles. The lowest BCUT2D eigenvalue weighted by molar-refractivity contribution is 0.102. The summed E-state index contributed by atoms with van der Waals surface area (Å²) in [6, 6.07) is 9.28. The van der Waals surface area contributed by atoms with Gasteiger partial charge in [0.1, 0.15) is 5.82 Å². The van der Waals surface area contributed by atoms with Crippen molar-refractivity contribution in [3.05, 3.63) is 56.1 Å². The van der Waals surface area contributed by atoms with Gasteiger partial charge in [-0.15, -0.1) is 0 Å². The second-order valence-electron chi connectivity index (χ2n) is 4.20. The van der Waals surface area contributed by atoms with E-state index in [1.807, 2.05) is 38.1 Å². The molecule has 0 spiro atoms. The van der Waals surface area contributed by atoms with Gasteiger partial charge in [-0.1, -0.05) is 11.6 Å². The first-order valence-electron chi connectivity index (χ1n) is 5.68. The molecule has 0 aliphatic rings. The number of carbonyl (C=O) groups excluding carboxylic acids is 1. The molecule has 1 aromatic heterocycles. The zero-order valence-corrected chi connectivity index (χ0v) is 13.7. The predicted molar refractivity (Wildman–Crippen MR) is 83.5 cm³/mol. The number of nitrogens with zero attached hydrogens (tertiary/aromatic N) is 1. The van der Waals surface area contributed by atoms with E-state index in [1.54, 1.807) is 6.07 Å². The first-order chi connectivity index (χ1) is 8.97. The third kappa shape index (κ3) is 3.42. The molecule has 1 amide bonds. The summed E-state index contributed by atoms with van der Waals surface area (Å²) in [5, 5.41) is 2.79. The number of aryl methyl sites for hydroxylation is 2. The van der Waals surface area contributed by atoms with Crippen molar-refractivity contribution in [2.24, 2.45) is 0 Å². The maximum atomic E-state index is 12.2. The molecule has 0 fully saturated rings. The van der Waals surface area contributed by atoms with E-state index in [2.05, 4.69) is 42.2 Å². The Labute approximate surface area is 128 Å². The molecule has 0 radical (unpaired) electrons. The number of nitrogens with one attached hydrogen (secondary N) is 1. The number of aromatic nitrogens is 1. The standard InChI is InChI=1S/C14H12Br2N2O/c1-8-3-4-12(16)10(7-8)14(19)18-13-6-5-11(15)9(2)17-13/h3-7H,1-2H3,(H,17,18,19).